The van der Waals surface area contributed by atoms with E-state index < -0.39 is 18.1 Å². The summed E-state index contributed by atoms with van der Waals surface area (Å²) in [5, 5.41) is 18.5. The lowest BCUT2D eigenvalue weighted by atomic mass is 10.1. The lowest BCUT2D eigenvalue weighted by Gasteiger charge is -2.02. The molecule has 0 unspecified atom stereocenters. The molecule has 1 saturated carbocycles. The molecule has 6 heteroatoms. The maximum Gasteiger partial charge on any atom is 0.320 e. The highest BCUT2D eigenvalue weighted by Crippen LogP contribution is 2.36. The van der Waals surface area contributed by atoms with Gasteiger partial charge in [-0.05, 0) is 6.42 Å². The van der Waals surface area contributed by atoms with Crippen LogP contribution in [-0.2, 0) is 4.79 Å². The van der Waals surface area contributed by atoms with Crippen LogP contribution in [0.15, 0.2) is 0 Å². The van der Waals surface area contributed by atoms with Crippen LogP contribution in [0.1, 0.15) is 12.8 Å². The van der Waals surface area contributed by atoms with E-state index in [4.69, 9.17) is 10.8 Å². The first-order chi connectivity index (χ1) is 5.52. The fourth-order valence-corrected chi connectivity index (χ4v) is 1.17. The molecule has 0 spiro atoms. The third-order valence-electron chi connectivity index (χ3n) is 2.03. The summed E-state index contributed by atoms with van der Waals surface area (Å²) in [7, 11) is 0. The highest BCUT2D eigenvalue weighted by atomic mass is 16.6. The highest BCUT2D eigenvalue weighted by molar-refractivity contribution is 5.73. The second kappa shape index (κ2) is 3.06. The van der Waals surface area contributed by atoms with E-state index in [0.717, 1.165) is 0 Å². The summed E-state index contributed by atoms with van der Waals surface area (Å²) in [6.45, 7) is 0. The highest BCUT2D eigenvalue weighted by Gasteiger charge is 2.49. The largest absolute Gasteiger partial charge is 0.480 e. The van der Waals surface area contributed by atoms with Crippen LogP contribution in [0.25, 0.3) is 0 Å². The average molecular weight is 174 g/mol. The number of carboxylic acids is 1. The molecule has 0 heterocycles. The zero-order valence-corrected chi connectivity index (χ0v) is 6.34. The first kappa shape index (κ1) is 8.92. The summed E-state index contributed by atoms with van der Waals surface area (Å²) in [4.78, 5) is 20.0. The maximum atomic E-state index is 10.2. The molecule has 1 rings (SSSR count). The summed E-state index contributed by atoms with van der Waals surface area (Å²) in [6.07, 6.45) is 0.676. The molecule has 1 aliphatic carbocycles. The molecular formula is C6H10N2O4. The van der Waals surface area contributed by atoms with Crippen molar-refractivity contribution in [3.63, 3.8) is 0 Å². The number of aliphatic carboxylic acids is 1. The van der Waals surface area contributed by atoms with Gasteiger partial charge in [0.1, 0.15) is 6.04 Å². The van der Waals surface area contributed by atoms with Crippen molar-refractivity contribution in [2.75, 3.05) is 0 Å². The van der Waals surface area contributed by atoms with Crippen molar-refractivity contribution in [1.29, 1.82) is 0 Å². The van der Waals surface area contributed by atoms with Crippen LogP contribution < -0.4 is 5.73 Å². The van der Waals surface area contributed by atoms with Crippen molar-refractivity contribution in [2.24, 2.45) is 11.7 Å². The first-order valence-electron chi connectivity index (χ1n) is 3.64. The number of rotatable bonds is 4. The second-order valence-corrected chi connectivity index (χ2v) is 3.03. The zero-order chi connectivity index (χ0) is 9.30. The van der Waals surface area contributed by atoms with E-state index in [1.165, 1.54) is 0 Å². The summed E-state index contributed by atoms with van der Waals surface area (Å²) in [5.74, 6) is -1.23. The van der Waals surface area contributed by atoms with Gasteiger partial charge in [-0.1, -0.05) is 0 Å². The molecule has 0 aromatic heterocycles. The minimum atomic E-state index is -1.09. The Bertz CT molecular complexity index is 218. The molecule has 12 heavy (non-hydrogen) atoms. The third-order valence-corrected chi connectivity index (χ3v) is 2.03. The van der Waals surface area contributed by atoms with Gasteiger partial charge in [0.25, 0.3) is 0 Å². The van der Waals surface area contributed by atoms with Gasteiger partial charge in [0.05, 0.1) is 0 Å². The van der Waals surface area contributed by atoms with Gasteiger partial charge in [-0.15, -0.1) is 0 Å². The van der Waals surface area contributed by atoms with Crippen molar-refractivity contribution in [1.82, 2.24) is 0 Å². The Labute approximate surface area is 68.5 Å². The van der Waals surface area contributed by atoms with Crippen LogP contribution >= 0.6 is 0 Å². The Morgan fingerprint density at radius 1 is 1.83 bits per heavy atom. The predicted octanol–water partition coefficient (Wildman–Crippen LogP) is -0.546. The van der Waals surface area contributed by atoms with Gasteiger partial charge in [0, 0.05) is 17.3 Å². The van der Waals surface area contributed by atoms with E-state index in [1.807, 2.05) is 0 Å². The molecule has 6 nitrogen and oxygen atoms in total. The fourth-order valence-electron chi connectivity index (χ4n) is 1.17. The smallest absolute Gasteiger partial charge is 0.320 e. The molecule has 0 aliphatic heterocycles. The van der Waals surface area contributed by atoms with E-state index in [2.05, 4.69) is 0 Å². The molecule has 68 valence electrons. The van der Waals surface area contributed by atoms with Gasteiger partial charge in [0.15, 0.2) is 0 Å². The van der Waals surface area contributed by atoms with Crippen LogP contribution in [0.3, 0.4) is 0 Å². The van der Waals surface area contributed by atoms with Gasteiger partial charge in [-0.3, -0.25) is 14.9 Å². The number of hydrogen-bond donors (Lipinski definition) is 2. The van der Waals surface area contributed by atoms with Crippen molar-refractivity contribution in [2.45, 2.75) is 24.9 Å². The summed E-state index contributed by atoms with van der Waals surface area (Å²) in [6, 6.07) is -1.52. The normalized spacial score (nSPS) is 29.4. The Morgan fingerprint density at radius 3 is 2.75 bits per heavy atom. The molecule has 0 aromatic rings. The molecule has 3 atom stereocenters. The minimum absolute atomic E-state index is 0.133. The maximum absolute atomic E-state index is 10.2. The van der Waals surface area contributed by atoms with Crippen molar-refractivity contribution >= 4 is 5.97 Å². The number of carboxylic acid groups (broad SMARTS) is 1. The first-order valence-corrected chi connectivity index (χ1v) is 3.64. The molecular weight excluding hydrogens is 164 g/mol. The monoisotopic (exact) mass is 174 g/mol. The summed E-state index contributed by atoms with van der Waals surface area (Å²) in [5.41, 5.74) is 5.20. The fraction of sp³-hybridized carbons (Fsp3) is 0.833. The quantitative estimate of drug-likeness (QED) is 0.439. The molecule has 0 saturated heterocycles. The van der Waals surface area contributed by atoms with Crippen molar-refractivity contribution in [3.8, 4) is 0 Å². The van der Waals surface area contributed by atoms with Crippen molar-refractivity contribution in [3.05, 3.63) is 10.1 Å². The molecule has 0 amide bonds. The van der Waals surface area contributed by atoms with Gasteiger partial charge >= 0.3 is 5.97 Å². The average Bonchev–Trinajstić information content (AvgIpc) is 2.67. The Balaban J connectivity index is 2.27. The van der Waals surface area contributed by atoms with E-state index in [0.29, 0.717) is 6.42 Å². The lowest BCUT2D eigenvalue weighted by Crippen LogP contribution is -2.31. The van der Waals surface area contributed by atoms with Gasteiger partial charge in [-0.2, -0.15) is 0 Å². The number of nitrogens with zero attached hydrogens (tertiary/aromatic N) is 1. The van der Waals surface area contributed by atoms with E-state index >= 15 is 0 Å². The number of nitro groups is 1. The summed E-state index contributed by atoms with van der Waals surface area (Å²) >= 11 is 0. The van der Waals surface area contributed by atoms with Crippen LogP contribution in [0.2, 0.25) is 0 Å². The zero-order valence-electron chi connectivity index (χ0n) is 6.34. The topological polar surface area (TPSA) is 106 Å². The SMILES string of the molecule is N[C@@H](C[C@@H]1C[C@@H]1[N+](=O)[O-])C(=O)O. The Morgan fingerprint density at radius 2 is 2.42 bits per heavy atom. The third kappa shape index (κ3) is 1.91. The van der Waals surface area contributed by atoms with Gasteiger partial charge < -0.3 is 10.8 Å². The molecule has 0 aromatic carbocycles. The van der Waals surface area contributed by atoms with E-state index in [-0.39, 0.29) is 17.3 Å². The summed E-state index contributed by atoms with van der Waals surface area (Å²) < 4.78 is 0. The van der Waals surface area contributed by atoms with Crippen LogP contribution in [0.5, 0.6) is 0 Å². The van der Waals surface area contributed by atoms with Crippen LogP contribution in [0, 0.1) is 16.0 Å². The number of hydrogen-bond acceptors (Lipinski definition) is 4. The Hall–Kier alpha value is -1.17. The molecule has 1 aliphatic rings. The Kier molecular flexibility index (Phi) is 2.27. The van der Waals surface area contributed by atoms with E-state index in [9.17, 15) is 14.9 Å². The second-order valence-electron chi connectivity index (χ2n) is 3.03. The number of carbonyl (C=O) groups is 1. The lowest BCUT2D eigenvalue weighted by molar-refractivity contribution is -0.498. The minimum Gasteiger partial charge on any atom is -0.480 e. The van der Waals surface area contributed by atoms with Gasteiger partial charge in [-0.25, -0.2) is 0 Å². The number of nitrogens with two attached hydrogens (primary N) is 1. The predicted molar refractivity (Wildman–Crippen MR) is 39.1 cm³/mol. The van der Waals surface area contributed by atoms with Crippen LogP contribution in [0.4, 0.5) is 0 Å². The molecule has 0 radical (unpaired) electrons. The standard InChI is InChI=1S/C6H10N2O4/c7-4(6(9)10)1-3-2-5(3)8(11)12/h3-5H,1-2,7H2,(H,9,10)/t3-,4+,5+/m1/s1. The van der Waals surface area contributed by atoms with Gasteiger partial charge in [0.2, 0.25) is 6.04 Å². The molecule has 3 N–H and O–H groups in total. The van der Waals surface area contributed by atoms with Crippen molar-refractivity contribution < 1.29 is 14.8 Å². The molecule has 1 fully saturated rings. The van der Waals surface area contributed by atoms with E-state index in [1.54, 1.807) is 0 Å². The van der Waals surface area contributed by atoms with Crippen LogP contribution in [-0.4, -0.2) is 28.1 Å². The molecule has 0 bridgehead atoms.